The van der Waals surface area contributed by atoms with Crippen molar-refractivity contribution in [2.45, 2.75) is 44.1 Å². The predicted octanol–water partition coefficient (Wildman–Crippen LogP) is 3.32. The van der Waals surface area contributed by atoms with E-state index in [9.17, 15) is 26.4 Å². The Morgan fingerprint density at radius 2 is 1.86 bits per heavy atom. The van der Waals surface area contributed by atoms with Gasteiger partial charge in [-0.1, -0.05) is 48.4 Å². The zero-order valence-electron chi connectivity index (χ0n) is 20.9. The first-order valence-corrected chi connectivity index (χ1v) is 13.8. The normalized spacial score (nSPS) is 17.4. The molecule has 202 valence electrons. The van der Waals surface area contributed by atoms with Gasteiger partial charge in [-0.05, 0) is 36.1 Å². The van der Waals surface area contributed by atoms with Gasteiger partial charge in [0.1, 0.15) is 6.61 Å². The molecule has 0 aromatic heterocycles. The Morgan fingerprint density at radius 1 is 1.22 bits per heavy atom. The quantitative estimate of drug-likeness (QED) is 0.469. The molecule has 37 heavy (non-hydrogen) atoms. The molecule has 3 rings (SSSR count). The number of piperidine rings is 1. The number of nitrogens with one attached hydrogen (secondary N) is 1. The summed E-state index contributed by atoms with van der Waals surface area (Å²) < 4.78 is 69.9. The zero-order chi connectivity index (χ0) is 27.2. The fraction of sp³-hybridized carbons (Fsp3) is 0.500. The van der Waals surface area contributed by atoms with Crippen molar-refractivity contribution in [2.24, 2.45) is 0 Å². The van der Waals surface area contributed by atoms with Crippen molar-refractivity contribution < 1.29 is 31.1 Å². The second kappa shape index (κ2) is 12.3. The van der Waals surface area contributed by atoms with Crippen molar-refractivity contribution >= 4 is 26.7 Å². The zero-order valence-corrected chi connectivity index (χ0v) is 21.7. The van der Waals surface area contributed by atoms with Crippen LogP contribution >= 0.6 is 0 Å². The Morgan fingerprint density at radius 3 is 2.49 bits per heavy atom. The number of hydrogen-bond acceptors (Lipinski definition) is 5. The third-order valence-corrected chi connectivity index (χ3v) is 7.95. The van der Waals surface area contributed by atoms with E-state index in [1.54, 1.807) is 0 Å². The molecule has 1 saturated heterocycles. The molecule has 0 radical (unpaired) electrons. The number of carbonyl (C=O) groups is 1. The summed E-state index contributed by atoms with van der Waals surface area (Å²) in [6.07, 6.45) is -0.0720. The van der Waals surface area contributed by atoms with Gasteiger partial charge in [-0.15, -0.1) is 6.42 Å². The van der Waals surface area contributed by atoms with Gasteiger partial charge >= 0.3 is 6.18 Å². The van der Waals surface area contributed by atoms with Crippen LogP contribution in [0.5, 0.6) is 0 Å². The minimum atomic E-state index is -4.73. The maximum atomic E-state index is 13.1. The highest BCUT2D eigenvalue weighted by Gasteiger charge is 2.41. The van der Waals surface area contributed by atoms with Crippen molar-refractivity contribution in [1.29, 1.82) is 0 Å². The van der Waals surface area contributed by atoms with Crippen molar-refractivity contribution in [3.63, 3.8) is 0 Å². The number of likely N-dealkylation sites (tertiary alicyclic amines) is 1. The first-order chi connectivity index (χ1) is 17.4. The van der Waals surface area contributed by atoms with Crippen molar-refractivity contribution in [1.82, 2.24) is 14.5 Å². The lowest BCUT2D eigenvalue weighted by atomic mass is 9.96. The Kier molecular flexibility index (Phi) is 9.58. The Bertz CT molecular complexity index is 1220. The van der Waals surface area contributed by atoms with E-state index in [1.165, 1.54) is 5.56 Å². The van der Waals surface area contributed by atoms with Crippen LogP contribution in [-0.2, 0) is 19.6 Å². The number of amides is 1. The van der Waals surface area contributed by atoms with Crippen LogP contribution in [-0.4, -0.2) is 80.9 Å². The Hall–Kier alpha value is -2.65. The molecule has 0 bridgehead atoms. The molecular formula is C26H32F3N3O4S. The van der Waals surface area contributed by atoms with Gasteiger partial charge in [0.05, 0.1) is 19.3 Å². The number of benzene rings is 2. The molecule has 0 spiro atoms. The van der Waals surface area contributed by atoms with Crippen molar-refractivity contribution in [3.8, 4) is 12.3 Å². The van der Waals surface area contributed by atoms with Gasteiger partial charge in [-0.3, -0.25) is 9.69 Å². The number of halogens is 3. The van der Waals surface area contributed by atoms with Crippen LogP contribution in [0.15, 0.2) is 42.5 Å². The van der Waals surface area contributed by atoms with Gasteiger partial charge in [0.25, 0.3) is 0 Å². The van der Waals surface area contributed by atoms with E-state index in [4.69, 9.17) is 6.42 Å². The summed E-state index contributed by atoms with van der Waals surface area (Å²) in [4.78, 5) is 14.7. The van der Waals surface area contributed by atoms with Gasteiger partial charge in [-0.25, -0.2) is 8.42 Å². The number of fused-ring (bicyclic) bond motifs is 1. The number of ether oxygens (including phenoxy) is 1. The molecule has 2 aromatic carbocycles. The maximum Gasteiger partial charge on any atom is 0.416 e. The number of carbonyl (C=O) groups excluding carboxylic acids is 1. The highest BCUT2D eigenvalue weighted by Crippen LogP contribution is 2.31. The van der Waals surface area contributed by atoms with Gasteiger partial charge in [0.2, 0.25) is 15.9 Å². The van der Waals surface area contributed by atoms with E-state index in [1.807, 2.05) is 24.1 Å². The lowest BCUT2D eigenvalue weighted by Gasteiger charge is -2.40. The Labute approximate surface area is 216 Å². The third kappa shape index (κ3) is 7.68. The average molecular weight is 540 g/mol. The van der Waals surface area contributed by atoms with Crippen LogP contribution in [0.4, 0.5) is 13.2 Å². The van der Waals surface area contributed by atoms with Gasteiger partial charge < -0.3 is 10.1 Å². The van der Waals surface area contributed by atoms with Crippen LogP contribution in [0, 0.1) is 12.3 Å². The van der Waals surface area contributed by atoms with E-state index in [2.05, 4.69) is 46.1 Å². The molecule has 7 nitrogen and oxygen atoms in total. The van der Waals surface area contributed by atoms with Gasteiger partial charge in [-0.2, -0.15) is 17.5 Å². The van der Waals surface area contributed by atoms with Crippen LogP contribution in [0.3, 0.4) is 0 Å². The van der Waals surface area contributed by atoms with Crippen LogP contribution in [0.2, 0.25) is 0 Å². The summed E-state index contributed by atoms with van der Waals surface area (Å²) >= 11 is 0. The fourth-order valence-electron chi connectivity index (χ4n) is 4.71. The average Bonchev–Trinajstić information content (AvgIpc) is 2.85. The summed E-state index contributed by atoms with van der Waals surface area (Å²) in [7, 11) is -3.79. The molecule has 1 aliphatic heterocycles. The lowest BCUT2D eigenvalue weighted by Crippen LogP contribution is -2.52. The lowest BCUT2D eigenvalue weighted by molar-refractivity contribution is -0.214. The molecule has 1 N–H and O–H groups in total. The molecule has 1 heterocycles. The third-order valence-electron chi connectivity index (χ3n) is 6.67. The van der Waals surface area contributed by atoms with Crippen LogP contribution in [0.25, 0.3) is 10.8 Å². The molecule has 1 fully saturated rings. The number of rotatable bonds is 10. The van der Waals surface area contributed by atoms with Crippen molar-refractivity contribution in [2.75, 3.05) is 39.0 Å². The van der Waals surface area contributed by atoms with Crippen LogP contribution in [0.1, 0.15) is 31.4 Å². The largest absolute Gasteiger partial charge is 0.416 e. The van der Waals surface area contributed by atoms with E-state index in [-0.39, 0.29) is 6.04 Å². The second-order valence-corrected chi connectivity index (χ2v) is 11.1. The highest BCUT2D eigenvalue weighted by molar-refractivity contribution is 7.88. The van der Waals surface area contributed by atoms with Crippen molar-refractivity contribution in [3.05, 3.63) is 48.0 Å². The number of alkyl halides is 3. The first-order valence-electron chi connectivity index (χ1n) is 12.0. The fourth-order valence-corrected chi connectivity index (χ4v) is 5.82. The predicted molar refractivity (Wildman–Crippen MR) is 136 cm³/mol. The van der Waals surface area contributed by atoms with E-state index in [0.717, 1.165) is 21.3 Å². The molecule has 0 aliphatic carbocycles. The van der Waals surface area contributed by atoms with E-state index >= 15 is 0 Å². The van der Waals surface area contributed by atoms with Gasteiger partial charge in [0, 0.05) is 25.2 Å². The topological polar surface area (TPSA) is 79.0 Å². The minimum absolute atomic E-state index is 0.101. The second-order valence-electron chi connectivity index (χ2n) is 9.17. The highest BCUT2D eigenvalue weighted by atomic mass is 32.2. The molecule has 1 amide bonds. The summed E-state index contributed by atoms with van der Waals surface area (Å²) in [6, 6.07) is 14.0. The molecule has 11 heteroatoms. The number of hydrogen-bond donors (Lipinski definition) is 1. The summed E-state index contributed by atoms with van der Waals surface area (Å²) in [5.74, 6) is 1.12. The summed E-state index contributed by atoms with van der Waals surface area (Å²) in [5, 5.41) is 4.45. The number of terminal acetylenes is 1. The molecule has 2 unspecified atom stereocenters. The SMILES string of the molecule is C#CCOC(CNC(=O)CN(C1CCN(C(C)c2cccc3ccccc23)CC1)S(C)(=O)=O)C(F)(F)F. The molecule has 2 atom stereocenters. The monoisotopic (exact) mass is 539 g/mol. The summed E-state index contributed by atoms with van der Waals surface area (Å²) in [5.41, 5.74) is 1.18. The molecular weight excluding hydrogens is 507 g/mol. The Balaban J connectivity index is 1.62. The van der Waals surface area contributed by atoms with E-state index in [0.29, 0.717) is 25.9 Å². The standard InChI is InChI=1S/C26H32F3N3O4S/c1-4-16-36-24(26(27,28)29)17-30-25(33)18-32(37(3,34)35)21-12-14-31(15-13-21)19(2)22-11-7-9-20-8-5-6-10-23(20)22/h1,5-11,19,21,24H,12-18H2,2-3H3,(H,30,33). The maximum absolute atomic E-state index is 13.1. The number of sulfonamides is 1. The summed E-state index contributed by atoms with van der Waals surface area (Å²) in [6.45, 7) is 1.34. The molecule has 0 saturated carbocycles. The molecule has 2 aromatic rings. The smallest absolute Gasteiger partial charge is 0.354 e. The number of nitrogens with zero attached hydrogens (tertiary/aromatic N) is 2. The van der Waals surface area contributed by atoms with Crippen LogP contribution < -0.4 is 5.32 Å². The first kappa shape index (κ1) is 28.9. The van der Waals surface area contributed by atoms with E-state index < -0.39 is 53.9 Å². The minimum Gasteiger partial charge on any atom is -0.354 e. The molecule has 1 aliphatic rings. The van der Waals surface area contributed by atoms with Gasteiger partial charge in [0.15, 0.2) is 6.10 Å².